The molecule has 0 aliphatic heterocycles. The molecule has 2 aromatic heterocycles. The lowest BCUT2D eigenvalue weighted by atomic mass is 10.2. The lowest BCUT2D eigenvalue weighted by Gasteiger charge is -2.05. The first-order valence-corrected chi connectivity index (χ1v) is 9.71. The van der Waals surface area contributed by atoms with Crippen molar-refractivity contribution in [2.24, 2.45) is 5.10 Å². The molecule has 0 spiro atoms. The molecule has 7 heteroatoms. The zero-order chi connectivity index (χ0) is 16.6. The molecule has 4 nitrogen and oxygen atoms in total. The molecular formula is C16H14BrN3OS2. The van der Waals surface area contributed by atoms with Crippen LogP contribution in [0.1, 0.15) is 16.0 Å². The molecule has 23 heavy (non-hydrogen) atoms. The molecule has 0 atom stereocenters. The van der Waals surface area contributed by atoms with Gasteiger partial charge >= 0.3 is 0 Å². The molecule has 1 aromatic carbocycles. The molecule has 0 saturated carbocycles. The van der Waals surface area contributed by atoms with Gasteiger partial charge in [0.25, 0.3) is 5.56 Å². The fourth-order valence-corrected chi connectivity index (χ4v) is 4.00. The Kier molecular flexibility index (Phi) is 4.70. The second-order valence-electron chi connectivity index (χ2n) is 4.97. The lowest BCUT2D eigenvalue weighted by Crippen LogP contribution is -2.19. The van der Waals surface area contributed by atoms with Crippen LogP contribution in [-0.2, 0) is 0 Å². The van der Waals surface area contributed by atoms with Gasteiger partial charge in [-0.3, -0.25) is 4.79 Å². The highest BCUT2D eigenvalue weighted by atomic mass is 79.9. The van der Waals surface area contributed by atoms with Crippen LogP contribution in [0.3, 0.4) is 0 Å². The molecule has 0 saturated heterocycles. The van der Waals surface area contributed by atoms with E-state index >= 15 is 0 Å². The van der Waals surface area contributed by atoms with Crippen molar-refractivity contribution in [1.82, 2.24) is 9.66 Å². The summed E-state index contributed by atoms with van der Waals surface area (Å²) in [5.41, 5.74) is 1.79. The van der Waals surface area contributed by atoms with Crippen molar-refractivity contribution in [2.45, 2.75) is 19.0 Å². The standard InChI is InChI=1S/C16H14BrN3OS2/c1-9-10(2)23-14-13(9)15(21)20(16(19-14)22-3)18-8-11-4-6-12(17)7-5-11/h4-8H,1-3H3/b18-8+. The van der Waals surface area contributed by atoms with Crippen LogP contribution in [0.15, 0.2) is 43.8 Å². The van der Waals surface area contributed by atoms with E-state index in [0.717, 1.165) is 25.3 Å². The second-order valence-corrected chi connectivity index (χ2v) is 7.87. The van der Waals surface area contributed by atoms with Gasteiger partial charge in [0.2, 0.25) is 0 Å². The van der Waals surface area contributed by atoms with E-state index in [1.807, 2.05) is 44.4 Å². The van der Waals surface area contributed by atoms with Crippen molar-refractivity contribution in [1.29, 1.82) is 0 Å². The number of nitrogens with zero attached hydrogens (tertiary/aromatic N) is 3. The van der Waals surface area contributed by atoms with Crippen molar-refractivity contribution >= 4 is 55.5 Å². The number of rotatable bonds is 3. The van der Waals surface area contributed by atoms with Crippen LogP contribution in [0.2, 0.25) is 0 Å². The number of hydrogen-bond donors (Lipinski definition) is 0. The summed E-state index contributed by atoms with van der Waals surface area (Å²) in [6, 6.07) is 7.74. The van der Waals surface area contributed by atoms with Crippen molar-refractivity contribution in [3.8, 4) is 0 Å². The van der Waals surface area contributed by atoms with Crippen LogP contribution in [-0.4, -0.2) is 22.1 Å². The van der Waals surface area contributed by atoms with E-state index in [2.05, 4.69) is 26.0 Å². The van der Waals surface area contributed by atoms with Crippen LogP contribution >= 0.6 is 39.0 Å². The van der Waals surface area contributed by atoms with Crippen molar-refractivity contribution < 1.29 is 0 Å². The Morgan fingerprint density at radius 2 is 2.00 bits per heavy atom. The van der Waals surface area contributed by atoms with Crippen LogP contribution in [0.25, 0.3) is 10.2 Å². The van der Waals surface area contributed by atoms with Gasteiger partial charge in [-0.05, 0) is 43.4 Å². The first-order chi connectivity index (χ1) is 11.0. The third-order valence-corrected chi connectivity index (χ3v) is 5.79. The first-order valence-electron chi connectivity index (χ1n) is 6.88. The Morgan fingerprint density at radius 1 is 1.30 bits per heavy atom. The summed E-state index contributed by atoms with van der Waals surface area (Å²) in [4.78, 5) is 19.3. The van der Waals surface area contributed by atoms with Gasteiger partial charge < -0.3 is 0 Å². The van der Waals surface area contributed by atoms with Crippen molar-refractivity contribution in [3.63, 3.8) is 0 Å². The summed E-state index contributed by atoms with van der Waals surface area (Å²) >= 11 is 6.37. The van der Waals surface area contributed by atoms with Gasteiger partial charge in [0, 0.05) is 9.35 Å². The predicted octanol–water partition coefficient (Wildman–Crippen LogP) is 4.44. The quantitative estimate of drug-likeness (QED) is 0.366. The maximum Gasteiger partial charge on any atom is 0.283 e. The molecule has 0 N–H and O–H groups in total. The normalized spacial score (nSPS) is 11.7. The Morgan fingerprint density at radius 3 is 2.65 bits per heavy atom. The third-order valence-electron chi connectivity index (χ3n) is 3.53. The van der Waals surface area contributed by atoms with Gasteiger partial charge in [0.1, 0.15) is 4.83 Å². The molecule has 0 bridgehead atoms. The maximum absolute atomic E-state index is 12.8. The van der Waals surface area contributed by atoms with Gasteiger partial charge in [0.05, 0.1) is 11.6 Å². The van der Waals surface area contributed by atoms with Crippen LogP contribution in [0, 0.1) is 13.8 Å². The Labute approximate surface area is 150 Å². The summed E-state index contributed by atoms with van der Waals surface area (Å²) in [5, 5.41) is 5.62. The van der Waals surface area contributed by atoms with Crippen LogP contribution in [0.4, 0.5) is 0 Å². The molecule has 0 aliphatic rings. The summed E-state index contributed by atoms with van der Waals surface area (Å²) in [6.45, 7) is 3.97. The minimum Gasteiger partial charge on any atom is -0.267 e. The molecule has 0 fully saturated rings. The van der Waals surface area contributed by atoms with E-state index < -0.39 is 0 Å². The molecule has 2 heterocycles. The van der Waals surface area contributed by atoms with Crippen molar-refractivity contribution in [2.75, 3.05) is 6.26 Å². The number of aryl methyl sites for hydroxylation is 2. The monoisotopic (exact) mass is 407 g/mol. The molecule has 3 aromatic rings. The zero-order valence-electron chi connectivity index (χ0n) is 12.8. The number of fused-ring (bicyclic) bond motifs is 1. The highest BCUT2D eigenvalue weighted by Gasteiger charge is 2.15. The van der Waals surface area contributed by atoms with Gasteiger partial charge in [-0.25, -0.2) is 4.98 Å². The zero-order valence-corrected chi connectivity index (χ0v) is 16.1. The Bertz CT molecular complexity index is 958. The predicted molar refractivity (Wildman–Crippen MR) is 102 cm³/mol. The maximum atomic E-state index is 12.8. The molecule has 0 amide bonds. The first kappa shape index (κ1) is 16.4. The average molecular weight is 408 g/mol. The largest absolute Gasteiger partial charge is 0.283 e. The molecule has 0 unspecified atom stereocenters. The number of thiophene rings is 1. The highest BCUT2D eigenvalue weighted by Crippen LogP contribution is 2.27. The topological polar surface area (TPSA) is 47.2 Å². The Balaban J connectivity index is 2.15. The van der Waals surface area contributed by atoms with Crippen molar-refractivity contribution in [3.05, 3.63) is 55.1 Å². The number of aromatic nitrogens is 2. The summed E-state index contributed by atoms with van der Waals surface area (Å²) < 4.78 is 2.39. The molecule has 0 aliphatic carbocycles. The van der Waals surface area contributed by atoms with E-state index in [9.17, 15) is 4.79 Å². The lowest BCUT2D eigenvalue weighted by molar-refractivity contribution is 0.709. The highest BCUT2D eigenvalue weighted by molar-refractivity contribution is 9.10. The van der Waals surface area contributed by atoms with E-state index in [4.69, 9.17) is 0 Å². The van der Waals surface area contributed by atoms with Gasteiger partial charge in [-0.2, -0.15) is 9.78 Å². The minimum atomic E-state index is -0.116. The van der Waals surface area contributed by atoms with Crippen LogP contribution in [0.5, 0.6) is 0 Å². The van der Waals surface area contributed by atoms with E-state index in [0.29, 0.717) is 10.5 Å². The molecule has 118 valence electrons. The van der Waals surface area contributed by atoms with Gasteiger partial charge in [-0.1, -0.05) is 39.8 Å². The van der Waals surface area contributed by atoms with E-state index in [-0.39, 0.29) is 5.56 Å². The Hall–Kier alpha value is -1.44. The number of benzene rings is 1. The summed E-state index contributed by atoms with van der Waals surface area (Å²) in [5.74, 6) is 0. The smallest absolute Gasteiger partial charge is 0.267 e. The second kappa shape index (κ2) is 6.59. The van der Waals surface area contributed by atoms with E-state index in [1.165, 1.54) is 16.4 Å². The number of halogens is 1. The molecule has 0 radical (unpaired) electrons. The fourth-order valence-electron chi connectivity index (χ4n) is 2.17. The molecular weight excluding hydrogens is 394 g/mol. The number of thioether (sulfide) groups is 1. The minimum absolute atomic E-state index is 0.116. The number of hydrogen-bond acceptors (Lipinski definition) is 5. The SMILES string of the molecule is CSc1nc2sc(C)c(C)c2c(=O)n1/N=C/c1ccc(Br)cc1. The van der Waals surface area contributed by atoms with Crippen LogP contribution < -0.4 is 5.56 Å². The van der Waals surface area contributed by atoms with Gasteiger partial charge in [0.15, 0.2) is 5.16 Å². The molecule has 3 rings (SSSR count). The average Bonchev–Trinajstić information content (AvgIpc) is 2.82. The summed E-state index contributed by atoms with van der Waals surface area (Å²) in [6.07, 6.45) is 3.57. The third kappa shape index (κ3) is 3.13. The fraction of sp³-hybridized carbons (Fsp3) is 0.188. The van der Waals surface area contributed by atoms with Gasteiger partial charge in [-0.15, -0.1) is 11.3 Å². The van der Waals surface area contributed by atoms with E-state index in [1.54, 1.807) is 17.6 Å². The summed E-state index contributed by atoms with van der Waals surface area (Å²) in [7, 11) is 0.